The molecule has 0 fully saturated rings. The molecule has 0 aromatic heterocycles. The summed E-state index contributed by atoms with van der Waals surface area (Å²) in [5, 5.41) is 0.802. The van der Waals surface area contributed by atoms with Crippen LogP contribution in [-0.4, -0.2) is 8.42 Å². The summed E-state index contributed by atoms with van der Waals surface area (Å²) in [5.41, 5.74) is 6.72. The lowest BCUT2D eigenvalue weighted by molar-refractivity contribution is 0.567. The number of sulfonamides is 1. The van der Waals surface area contributed by atoms with E-state index in [1.54, 1.807) is 31.2 Å². The first-order chi connectivity index (χ1) is 9.79. The van der Waals surface area contributed by atoms with Gasteiger partial charge in [0.05, 0.1) is 15.6 Å². The number of hydrogen-bond donors (Lipinski definition) is 2. The van der Waals surface area contributed by atoms with Crippen molar-refractivity contribution in [2.24, 2.45) is 0 Å². The normalized spacial score (nSPS) is 13.1. The maximum atomic E-state index is 12.3. The van der Waals surface area contributed by atoms with Crippen LogP contribution in [0.3, 0.4) is 0 Å². The first kappa shape index (κ1) is 16.1. The van der Waals surface area contributed by atoms with Crippen molar-refractivity contribution in [3.8, 4) is 0 Å². The number of anilines is 1. The first-order valence-electron chi connectivity index (χ1n) is 6.12. The third-order valence-corrected chi connectivity index (χ3v) is 5.10. The van der Waals surface area contributed by atoms with Gasteiger partial charge >= 0.3 is 0 Å². The van der Waals surface area contributed by atoms with Gasteiger partial charge in [-0.05, 0) is 42.8 Å². The number of nitrogen functional groups attached to an aromatic ring is 1. The molecule has 2 aromatic rings. The highest BCUT2D eigenvalue weighted by Crippen LogP contribution is 2.24. The van der Waals surface area contributed by atoms with E-state index >= 15 is 0 Å². The molecule has 0 aliphatic rings. The second kappa shape index (κ2) is 6.23. The van der Waals surface area contributed by atoms with Crippen molar-refractivity contribution >= 4 is 38.9 Å². The highest BCUT2D eigenvalue weighted by atomic mass is 35.5. The summed E-state index contributed by atoms with van der Waals surface area (Å²) in [6.45, 7) is 1.75. The van der Waals surface area contributed by atoms with Crippen LogP contribution in [0.5, 0.6) is 0 Å². The number of rotatable bonds is 4. The molecule has 3 N–H and O–H groups in total. The third-order valence-electron chi connectivity index (χ3n) is 2.98. The highest BCUT2D eigenvalue weighted by Gasteiger charge is 2.19. The van der Waals surface area contributed by atoms with Gasteiger partial charge in [-0.1, -0.05) is 35.3 Å². The van der Waals surface area contributed by atoms with Gasteiger partial charge in [-0.2, -0.15) is 0 Å². The molecule has 0 amide bonds. The van der Waals surface area contributed by atoms with E-state index in [0.29, 0.717) is 10.7 Å². The van der Waals surface area contributed by atoms with Crippen molar-refractivity contribution in [1.29, 1.82) is 0 Å². The number of hydrogen-bond acceptors (Lipinski definition) is 3. The van der Waals surface area contributed by atoms with Gasteiger partial charge in [-0.3, -0.25) is 0 Å². The zero-order chi connectivity index (χ0) is 15.6. The summed E-state index contributed by atoms with van der Waals surface area (Å²) in [5.74, 6) is 0. The number of nitrogens with one attached hydrogen (secondary N) is 1. The van der Waals surface area contributed by atoms with Crippen LogP contribution in [-0.2, 0) is 10.0 Å². The van der Waals surface area contributed by atoms with Crippen LogP contribution in [0.25, 0.3) is 0 Å². The van der Waals surface area contributed by atoms with Crippen LogP contribution < -0.4 is 10.5 Å². The topological polar surface area (TPSA) is 72.2 Å². The van der Waals surface area contributed by atoms with E-state index in [1.807, 2.05) is 0 Å². The van der Waals surface area contributed by atoms with Crippen LogP contribution in [0.15, 0.2) is 47.4 Å². The minimum absolute atomic E-state index is 0.0718. The summed E-state index contributed by atoms with van der Waals surface area (Å²) in [4.78, 5) is 0.0718. The highest BCUT2D eigenvalue weighted by molar-refractivity contribution is 7.89. The summed E-state index contributed by atoms with van der Waals surface area (Å²) < 4.78 is 27.2. The molecule has 4 nitrogen and oxygen atoms in total. The molecule has 1 unspecified atom stereocenters. The molecule has 0 saturated carbocycles. The lowest BCUT2D eigenvalue weighted by Gasteiger charge is -2.15. The monoisotopic (exact) mass is 344 g/mol. The lowest BCUT2D eigenvalue weighted by atomic mass is 10.1. The zero-order valence-electron chi connectivity index (χ0n) is 11.2. The predicted octanol–water partition coefficient (Wildman–Crippen LogP) is 3.62. The van der Waals surface area contributed by atoms with Crippen LogP contribution >= 0.6 is 23.2 Å². The van der Waals surface area contributed by atoms with E-state index in [-0.39, 0.29) is 9.92 Å². The van der Waals surface area contributed by atoms with Gasteiger partial charge < -0.3 is 5.73 Å². The second-order valence-electron chi connectivity index (χ2n) is 4.58. The molecule has 112 valence electrons. The zero-order valence-corrected chi connectivity index (χ0v) is 13.5. The molecular formula is C14H14Cl2N2O2S. The average Bonchev–Trinajstić information content (AvgIpc) is 2.42. The van der Waals surface area contributed by atoms with Gasteiger partial charge in [0, 0.05) is 11.1 Å². The predicted molar refractivity (Wildman–Crippen MR) is 86.1 cm³/mol. The van der Waals surface area contributed by atoms with Crippen LogP contribution in [0.4, 0.5) is 5.69 Å². The summed E-state index contributed by atoms with van der Waals surface area (Å²) in [6, 6.07) is 10.8. The molecule has 2 rings (SSSR count). The Labute approximate surface area is 133 Å². The molecular weight excluding hydrogens is 331 g/mol. The van der Waals surface area contributed by atoms with E-state index in [0.717, 1.165) is 5.56 Å². The van der Waals surface area contributed by atoms with Gasteiger partial charge in [0.25, 0.3) is 0 Å². The summed E-state index contributed by atoms with van der Waals surface area (Å²) in [6.07, 6.45) is 0. The van der Waals surface area contributed by atoms with Crippen molar-refractivity contribution < 1.29 is 8.42 Å². The van der Waals surface area contributed by atoms with Crippen molar-refractivity contribution in [2.75, 3.05) is 5.73 Å². The van der Waals surface area contributed by atoms with E-state index in [9.17, 15) is 8.42 Å². The molecule has 0 radical (unpaired) electrons. The Bertz CT molecular complexity index is 746. The molecule has 1 atom stereocenters. The third kappa shape index (κ3) is 3.89. The minimum Gasteiger partial charge on any atom is -0.398 e. The first-order valence-corrected chi connectivity index (χ1v) is 8.36. The molecule has 21 heavy (non-hydrogen) atoms. The second-order valence-corrected chi connectivity index (χ2v) is 7.14. The fourth-order valence-electron chi connectivity index (χ4n) is 1.80. The fraction of sp³-hybridized carbons (Fsp3) is 0.143. The van der Waals surface area contributed by atoms with Gasteiger partial charge in [0.1, 0.15) is 0 Å². The molecule has 7 heteroatoms. The van der Waals surface area contributed by atoms with E-state index in [1.165, 1.54) is 18.2 Å². The number of benzene rings is 2. The van der Waals surface area contributed by atoms with Crippen LogP contribution in [0.2, 0.25) is 10.0 Å². The SMILES string of the molecule is CC(NS(=O)(=O)c1ccc(N)c(Cl)c1)c1ccc(Cl)cc1. The number of halogens is 2. The molecule has 0 heterocycles. The van der Waals surface area contributed by atoms with E-state index in [2.05, 4.69) is 4.72 Å². The fourth-order valence-corrected chi connectivity index (χ4v) is 3.42. The lowest BCUT2D eigenvalue weighted by Crippen LogP contribution is -2.26. The molecule has 0 saturated heterocycles. The van der Waals surface area contributed by atoms with Crippen molar-refractivity contribution in [1.82, 2.24) is 4.72 Å². The molecule has 0 aliphatic heterocycles. The minimum atomic E-state index is -3.68. The molecule has 2 aromatic carbocycles. The Morgan fingerprint density at radius 2 is 1.71 bits per heavy atom. The standard InChI is InChI=1S/C14H14Cl2N2O2S/c1-9(10-2-4-11(15)5-3-10)18-21(19,20)12-6-7-14(17)13(16)8-12/h2-9,18H,17H2,1H3. The Kier molecular flexibility index (Phi) is 4.78. The van der Waals surface area contributed by atoms with Crippen LogP contribution in [0, 0.1) is 0 Å². The van der Waals surface area contributed by atoms with Gasteiger partial charge in [0.2, 0.25) is 10.0 Å². The molecule has 0 spiro atoms. The Morgan fingerprint density at radius 3 is 2.29 bits per heavy atom. The quantitative estimate of drug-likeness (QED) is 0.832. The van der Waals surface area contributed by atoms with Gasteiger partial charge in [-0.15, -0.1) is 0 Å². The van der Waals surface area contributed by atoms with Crippen molar-refractivity contribution in [3.63, 3.8) is 0 Å². The largest absolute Gasteiger partial charge is 0.398 e. The summed E-state index contributed by atoms with van der Waals surface area (Å²) in [7, 11) is -3.68. The van der Waals surface area contributed by atoms with Crippen molar-refractivity contribution in [3.05, 3.63) is 58.1 Å². The number of nitrogens with two attached hydrogens (primary N) is 1. The maximum Gasteiger partial charge on any atom is 0.241 e. The van der Waals surface area contributed by atoms with Crippen LogP contribution in [0.1, 0.15) is 18.5 Å². The Morgan fingerprint density at radius 1 is 1.10 bits per heavy atom. The molecule has 0 bridgehead atoms. The smallest absolute Gasteiger partial charge is 0.241 e. The van der Waals surface area contributed by atoms with Gasteiger partial charge in [-0.25, -0.2) is 13.1 Å². The summed E-state index contributed by atoms with van der Waals surface area (Å²) >= 11 is 11.7. The Hall–Kier alpha value is -1.27. The van der Waals surface area contributed by atoms with E-state index < -0.39 is 16.1 Å². The van der Waals surface area contributed by atoms with E-state index in [4.69, 9.17) is 28.9 Å². The maximum absolute atomic E-state index is 12.3. The molecule has 0 aliphatic carbocycles. The van der Waals surface area contributed by atoms with Crippen molar-refractivity contribution in [2.45, 2.75) is 17.9 Å². The average molecular weight is 345 g/mol. The van der Waals surface area contributed by atoms with Gasteiger partial charge in [0.15, 0.2) is 0 Å². The Balaban J connectivity index is 2.24.